The van der Waals surface area contributed by atoms with Crippen molar-refractivity contribution in [3.8, 4) is 5.75 Å². The summed E-state index contributed by atoms with van der Waals surface area (Å²) >= 11 is 0. The molecule has 0 aliphatic heterocycles. The Morgan fingerprint density at radius 1 is 1.20 bits per heavy atom. The molecule has 0 spiro atoms. The van der Waals surface area contributed by atoms with Gasteiger partial charge in [0.25, 0.3) is 0 Å². The lowest BCUT2D eigenvalue weighted by Crippen LogP contribution is -2.12. The van der Waals surface area contributed by atoms with Crippen molar-refractivity contribution in [1.82, 2.24) is 0 Å². The minimum Gasteiger partial charge on any atom is -0.478 e. The largest absolute Gasteiger partial charge is 0.478 e. The molecule has 0 unspecified atom stereocenters. The van der Waals surface area contributed by atoms with E-state index in [0.29, 0.717) is 30.8 Å². The summed E-state index contributed by atoms with van der Waals surface area (Å²) in [4.78, 5) is 22.2. The number of methoxy groups -OCH3 is 1. The zero-order valence-electron chi connectivity index (χ0n) is 14.9. The summed E-state index contributed by atoms with van der Waals surface area (Å²) in [5.41, 5.74) is 1.78. The van der Waals surface area contributed by atoms with Crippen LogP contribution in [0.4, 0.5) is 0 Å². The third kappa shape index (κ3) is 4.98. The molecule has 0 saturated heterocycles. The molecule has 0 radical (unpaired) electrons. The Kier molecular flexibility index (Phi) is 6.86. The Labute approximate surface area is 147 Å². The van der Waals surface area contributed by atoms with Crippen LogP contribution >= 0.6 is 0 Å². The fraction of sp³-hybridized carbons (Fsp3) is 0.474. The minimum atomic E-state index is -0.445. The topological polar surface area (TPSA) is 75.0 Å². The highest BCUT2D eigenvalue weighted by Gasteiger charge is 2.17. The predicted molar refractivity (Wildman–Crippen MR) is 92.7 cm³/mol. The lowest BCUT2D eigenvalue weighted by molar-refractivity contribution is -0.143. The SMILES string of the molecule is CCCc1c(CCCOC(C)=O)oc2c(OCC(=O)OC)cccc12. The lowest BCUT2D eigenvalue weighted by Gasteiger charge is -2.05. The Hall–Kier alpha value is -2.50. The van der Waals surface area contributed by atoms with Gasteiger partial charge in [-0.15, -0.1) is 0 Å². The summed E-state index contributed by atoms with van der Waals surface area (Å²) in [6.45, 7) is 3.71. The molecule has 0 bridgehead atoms. The number of para-hydroxylation sites is 1. The number of carbonyl (C=O) groups is 2. The van der Waals surface area contributed by atoms with Crippen LogP contribution in [0.5, 0.6) is 5.75 Å². The highest BCUT2D eigenvalue weighted by Crippen LogP contribution is 2.34. The van der Waals surface area contributed by atoms with Gasteiger partial charge in [0, 0.05) is 24.3 Å². The van der Waals surface area contributed by atoms with Crippen LogP contribution in [0, 0.1) is 0 Å². The van der Waals surface area contributed by atoms with Gasteiger partial charge in [-0.25, -0.2) is 4.79 Å². The van der Waals surface area contributed by atoms with Gasteiger partial charge in [0.15, 0.2) is 17.9 Å². The number of furan rings is 1. The molecule has 136 valence electrons. The molecular weight excluding hydrogens is 324 g/mol. The first-order chi connectivity index (χ1) is 12.1. The second-order valence-corrected chi connectivity index (χ2v) is 5.70. The molecule has 0 N–H and O–H groups in total. The van der Waals surface area contributed by atoms with E-state index in [4.69, 9.17) is 13.9 Å². The molecule has 2 rings (SSSR count). The van der Waals surface area contributed by atoms with Crippen LogP contribution in [0.2, 0.25) is 0 Å². The summed E-state index contributed by atoms with van der Waals surface area (Å²) < 4.78 is 21.2. The number of esters is 2. The van der Waals surface area contributed by atoms with Crippen molar-refractivity contribution in [3.63, 3.8) is 0 Å². The second kappa shape index (κ2) is 9.11. The smallest absolute Gasteiger partial charge is 0.343 e. The van der Waals surface area contributed by atoms with Gasteiger partial charge in [0.1, 0.15) is 5.76 Å². The van der Waals surface area contributed by atoms with E-state index >= 15 is 0 Å². The van der Waals surface area contributed by atoms with Gasteiger partial charge in [-0.05, 0) is 18.9 Å². The summed E-state index contributed by atoms with van der Waals surface area (Å²) in [5, 5.41) is 0.992. The molecule has 0 aliphatic rings. The monoisotopic (exact) mass is 348 g/mol. The molecule has 6 nitrogen and oxygen atoms in total. The Bertz CT molecular complexity index is 731. The number of carbonyl (C=O) groups excluding carboxylic acids is 2. The van der Waals surface area contributed by atoms with Crippen molar-refractivity contribution in [3.05, 3.63) is 29.5 Å². The van der Waals surface area contributed by atoms with Crippen molar-refractivity contribution in [1.29, 1.82) is 0 Å². The van der Waals surface area contributed by atoms with Gasteiger partial charge in [-0.2, -0.15) is 0 Å². The highest BCUT2D eigenvalue weighted by molar-refractivity contribution is 5.87. The number of fused-ring (bicyclic) bond motifs is 1. The number of benzene rings is 1. The fourth-order valence-electron chi connectivity index (χ4n) is 2.68. The average molecular weight is 348 g/mol. The van der Waals surface area contributed by atoms with Crippen molar-refractivity contribution < 1.29 is 28.2 Å². The van der Waals surface area contributed by atoms with Crippen LogP contribution in [-0.4, -0.2) is 32.3 Å². The van der Waals surface area contributed by atoms with Crippen molar-refractivity contribution in [2.75, 3.05) is 20.3 Å². The Balaban J connectivity index is 2.23. The summed E-state index contributed by atoms with van der Waals surface area (Å²) in [5.74, 6) is 0.667. The molecule has 0 atom stereocenters. The van der Waals surface area contributed by atoms with E-state index in [9.17, 15) is 9.59 Å². The van der Waals surface area contributed by atoms with Crippen molar-refractivity contribution in [2.24, 2.45) is 0 Å². The summed E-state index contributed by atoms with van der Waals surface area (Å²) in [6.07, 6.45) is 3.23. The number of hydrogen-bond donors (Lipinski definition) is 0. The lowest BCUT2D eigenvalue weighted by atomic mass is 10.0. The van der Waals surface area contributed by atoms with Crippen LogP contribution in [0.3, 0.4) is 0 Å². The number of ether oxygens (including phenoxy) is 3. The number of rotatable bonds is 9. The number of aryl methyl sites for hydroxylation is 2. The quantitative estimate of drug-likeness (QED) is 0.510. The first-order valence-corrected chi connectivity index (χ1v) is 8.43. The molecule has 1 aromatic heterocycles. The molecule has 0 fully saturated rings. The van der Waals surface area contributed by atoms with Crippen molar-refractivity contribution in [2.45, 2.75) is 39.5 Å². The summed E-state index contributed by atoms with van der Waals surface area (Å²) in [7, 11) is 1.32. The third-order valence-electron chi connectivity index (χ3n) is 3.79. The van der Waals surface area contributed by atoms with Crippen LogP contribution in [0.25, 0.3) is 11.0 Å². The first-order valence-electron chi connectivity index (χ1n) is 8.43. The third-order valence-corrected chi connectivity index (χ3v) is 3.79. The molecular formula is C19H24O6. The maximum Gasteiger partial charge on any atom is 0.343 e. The maximum atomic E-state index is 11.3. The van der Waals surface area contributed by atoms with Gasteiger partial charge in [0.05, 0.1) is 13.7 Å². The van der Waals surface area contributed by atoms with Gasteiger partial charge in [0.2, 0.25) is 0 Å². The van der Waals surface area contributed by atoms with Gasteiger partial charge in [-0.3, -0.25) is 4.79 Å². The summed E-state index contributed by atoms with van der Waals surface area (Å²) in [6, 6.07) is 5.64. The molecule has 0 aliphatic carbocycles. The number of hydrogen-bond acceptors (Lipinski definition) is 6. The molecule has 2 aromatic rings. The Morgan fingerprint density at radius 3 is 2.68 bits per heavy atom. The van der Waals surface area contributed by atoms with Crippen LogP contribution < -0.4 is 4.74 Å². The predicted octanol–water partition coefficient (Wildman–Crippen LogP) is 3.43. The highest BCUT2D eigenvalue weighted by atomic mass is 16.6. The molecule has 1 aromatic carbocycles. The van der Waals surface area contributed by atoms with Crippen LogP contribution in [0.1, 0.15) is 38.0 Å². The van der Waals surface area contributed by atoms with Crippen LogP contribution in [0.15, 0.2) is 22.6 Å². The average Bonchev–Trinajstić information content (AvgIpc) is 2.95. The molecule has 1 heterocycles. The molecule has 25 heavy (non-hydrogen) atoms. The van der Waals surface area contributed by atoms with E-state index in [1.807, 2.05) is 12.1 Å². The van der Waals surface area contributed by atoms with Crippen molar-refractivity contribution >= 4 is 22.9 Å². The zero-order chi connectivity index (χ0) is 18.2. The van der Waals surface area contributed by atoms with E-state index in [0.717, 1.165) is 29.6 Å². The first kappa shape index (κ1) is 18.8. The molecule has 6 heteroatoms. The molecule has 0 saturated carbocycles. The fourth-order valence-corrected chi connectivity index (χ4v) is 2.68. The van der Waals surface area contributed by atoms with E-state index in [1.165, 1.54) is 14.0 Å². The van der Waals surface area contributed by atoms with E-state index in [2.05, 4.69) is 11.7 Å². The molecule has 0 amide bonds. The zero-order valence-corrected chi connectivity index (χ0v) is 14.9. The second-order valence-electron chi connectivity index (χ2n) is 5.70. The van der Waals surface area contributed by atoms with E-state index in [1.54, 1.807) is 6.07 Å². The Morgan fingerprint density at radius 2 is 2.00 bits per heavy atom. The van der Waals surface area contributed by atoms with Gasteiger partial charge >= 0.3 is 11.9 Å². The van der Waals surface area contributed by atoms with Gasteiger partial charge in [-0.1, -0.05) is 25.5 Å². The van der Waals surface area contributed by atoms with E-state index in [-0.39, 0.29) is 12.6 Å². The minimum absolute atomic E-state index is 0.165. The normalized spacial score (nSPS) is 10.7. The maximum absolute atomic E-state index is 11.3. The van der Waals surface area contributed by atoms with E-state index < -0.39 is 5.97 Å². The van der Waals surface area contributed by atoms with Crippen LogP contribution in [-0.2, 0) is 31.9 Å². The van der Waals surface area contributed by atoms with Gasteiger partial charge < -0.3 is 18.6 Å². The standard InChI is InChI=1S/C19H24O6/c1-4-7-14-15-8-5-9-17(24-12-18(21)22-3)19(15)25-16(14)10-6-11-23-13(2)20/h5,8-9H,4,6-7,10-12H2,1-3H3.